The molecule has 2 aromatic carbocycles. The van der Waals surface area contributed by atoms with Gasteiger partial charge in [-0.05, 0) is 48.7 Å². The van der Waals surface area contributed by atoms with Crippen LogP contribution in [0, 0.1) is 0 Å². The van der Waals surface area contributed by atoms with E-state index in [2.05, 4.69) is 0 Å². The minimum Gasteiger partial charge on any atom is -0.478 e. The van der Waals surface area contributed by atoms with Crippen LogP contribution in [0.4, 0.5) is 5.69 Å². The number of aromatic carboxylic acids is 1. The first-order chi connectivity index (χ1) is 13.9. The normalized spacial score (nSPS) is 19.4. The number of carbonyl (C=O) groups is 3. The van der Waals surface area contributed by atoms with Crippen molar-refractivity contribution in [2.75, 3.05) is 4.90 Å². The molecule has 0 radical (unpaired) electrons. The van der Waals surface area contributed by atoms with Crippen LogP contribution in [0.3, 0.4) is 0 Å². The standard InChI is InChI=1S/C22H17Cl2NO4/c23-15-6-2-7-16(24)20(15)14-11-19(27)25(17-8-3-9-18(26)21(14)17)13-5-1-4-12(10-13)22(28)29/h1-2,4-7,10,14H,3,8-9,11H2,(H,28,29). The molecule has 1 heterocycles. The summed E-state index contributed by atoms with van der Waals surface area (Å²) in [6, 6.07) is 11.3. The van der Waals surface area contributed by atoms with Crippen LogP contribution in [0.2, 0.25) is 10.0 Å². The molecule has 148 valence electrons. The Bertz CT molecular complexity index is 1060. The van der Waals surface area contributed by atoms with Crippen LogP contribution in [0.1, 0.15) is 47.5 Å². The molecule has 29 heavy (non-hydrogen) atoms. The maximum absolute atomic E-state index is 13.2. The van der Waals surface area contributed by atoms with Gasteiger partial charge < -0.3 is 5.11 Å². The van der Waals surface area contributed by atoms with Gasteiger partial charge in [0.1, 0.15) is 0 Å². The second-order valence-corrected chi connectivity index (χ2v) is 7.93. The number of anilines is 1. The molecule has 0 bridgehead atoms. The molecule has 1 atom stereocenters. The summed E-state index contributed by atoms with van der Waals surface area (Å²) in [5.74, 6) is -1.84. The van der Waals surface area contributed by atoms with Crippen molar-refractivity contribution in [1.82, 2.24) is 0 Å². The fourth-order valence-electron chi connectivity index (χ4n) is 4.16. The zero-order valence-corrected chi connectivity index (χ0v) is 16.8. The van der Waals surface area contributed by atoms with Gasteiger partial charge in [0.05, 0.1) is 5.56 Å². The predicted octanol–water partition coefficient (Wildman–Crippen LogP) is 5.22. The second-order valence-electron chi connectivity index (χ2n) is 7.11. The SMILES string of the molecule is O=C1CCCC2=C1C(c1c(Cl)cccc1Cl)CC(=O)N2c1cccc(C(=O)O)c1. The minimum absolute atomic E-state index is 0.0286. The van der Waals surface area contributed by atoms with Crippen LogP contribution < -0.4 is 4.90 Å². The Morgan fingerprint density at radius 2 is 1.72 bits per heavy atom. The van der Waals surface area contributed by atoms with Gasteiger partial charge in [0.2, 0.25) is 5.91 Å². The van der Waals surface area contributed by atoms with E-state index in [0.717, 1.165) is 0 Å². The molecule has 0 spiro atoms. The minimum atomic E-state index is -1.08. The summed E-state index contributed by atoms with van der Waals surface area (Å²) in [4.78, 5) is 39.0. The monoisotopic (exact) mass is 429 g/mol. The van der Waals surface area contributed by atoms with E-state index in [9.17, 15) is 19.5 Å². The van der Waals surface area contributed by atoms with Crippen molar-refractivity contribution in [2.24, 2.45) is 0 Å². The average molecular weight is 430 g/mol. The van der Waals surface area contributed by atoms with E-state index in [1.807, 2.05) is 0 Å². The predicted molar refractivity (Wildman–Crippen MR) is 111 cm³/mol. The smallest absolute Gasteiger partial charge is 0.335 e. The van der Waals surface area contributed by atoms with Crippen LogP contribution in [-0.2, 0) is 9.59 Å². The molecule has 0 fully saturated rings. The molecule has 1 aliphatic heterocycles. The number of rotatable bonds is 3. The van der Waals surface area contributed by atoms with Crippen molar-refractivity contribution in [3.63, 3.8) is 0 Å². The first-order valence-corrected chi connectivity index (χ1v) is 10.0. The number of carbonyl (C=O) groups excluding carboxylic acids is 2. The quantitative estimate of drug-likeness (QED) is 0.725. The number of benzene rings is 2. The average Bonchev–Trinajstić information content (AvgIpc) is 2.68. The summed E-state index contributed by atoms with van der Waals surface area (Å²) in [5.41, 5.74) is 2.27. The number of nitrogens with zero attached hydrogens (tertiary/aromatic N) is 1. The summed E-state index contributed by atoms with van der Waals surface area (Å²) in [6.07, 6.45) is 1.60. The van der Waals surface area contributed by atoms with E-state index < -0.39 is 11.9 Å². The van der Waals surface area contributed by atoms with Crippen LogP contribution in [-0.4, -0.2) is 22.8 Å². The van der Waals surface area contributed by atoms with Gasteiger partial charge >= 0.3 is 5.97 Å². The fraction of sp³-hybridized carbons (Fsp3) is 0.227. The van der Waals surface area contributed by atoms with Gasteiger partial charge in [-0.1, -0.05) is 35.3 Å². The molecule has 7 heteroatoms. The number of carboxylic acid groups (broad SMARTS) is 1. The van der Waals surface area contributed by atoms with Crippen molar-refractivity contribution in [3.05, 3.63) is 74.9 Å². The molecular formula is C22H17Cl2NO4. The van der Waals surface area contributed by atoms with Crippen molar-refractivity contribution >= 4 is 46.5 Å². The number of hydrogen-bond acceptors (Lipinski definition) is 3. The number of amides is 1. The number of hydrogen-bond donors (Lipinski definition) is 1. The Morgan fingerprint density at radius 1 is 1.03 bits per heavy atom. The summed E-state index contributed by atoms with van der Waals surface area (Å²) < 4.78 is 0. The van der Waals surface area contributed by atoms with Crippen molar-refractivity contribution in [1.29, 1.82) is 0 Å². The van der Waals surface area contributed by atoms with Gasteiger partial charge in [-0.3, -0.25) is 14.5 Å². The molecule has 0 saturated carbocycles. The number of Topliss-reactive ketones (excluding diaryl/α,β-unsaturated/α-hetero) is 1. The van der Waals surface area contributed by atoms with E-state index in [0.29, 0.717) is 51.8 Å². The lowest BCUT2D eigenvalue weighted by atomic mass is 9.77. The molecule has 2 aliphatic rings. The van der Waals surface area contributed by atoms with E-state index in [1.165, 1.54) is 17.0 Å². The molecule has 0 saturated heterocycles. The van der Waals surface area contributed by atoms with E-state index >= 15 is 0 Å². The summed E-state index contributed by atoms with van der Waals surface area (Å²) in [7, 11) is 0. The van der Waals surface area contributed by atoms with Crippen molar-refractivity contribution < 1.29 is 19.5 Å². The topological polar surface area (TPSA) is 74.7 Å². The third-order valence-corrected chi connectivity index (χ3v) is 6.03. The lowest BCUT2D eigenvalue weighted by molar-refractivity contribution is -0.119. The Balaban J connectivity index is 1.90. The highest BCUT2D eigenvalue weighted by atomic mass is 35.5. The Kier molecular flexibility index (Phi) is 5.19. The maximum atomic E-state index is 13.2. The van der Waals surface area contributed by atoms with Crippen LogP contribution >= 0.6 is 23.2 Å². The molecule has 1 aliphatic carbocycles. The number of ketones is 1. The summed E-state index contributed by atoms with van der Waals surface area (Å²) in [6.45, 7) is 0. The first-order valence-electron chi connectivity index (χ1n) is 9.25. The number of halogens is 2. The highest BCUT2D eigenvalue weighted by Gasteiger charge is 2.41. The van der Waals surface area contributed by atoms with Gasteiger partial charge in [0, 0.05) is 45.8 Å². The van der Waals surface area contributed by atoms with E-state index in [4.69, 9.17) is 23.2 Å². The molecule has 5 nitrogen and oxygen atoms in total. The summed E-state index contributed by atoms with van der Waals surface area (Å²) in [5, 5.41) is 10.1. The lowest BCUT2D eigenvalue weighted by Gasteiger charge is -2.38. The van der Waals surface area contributed by atoms with Gasteiger partial charge in [-0.2, -0.15) is 0 Å². The Hall–Kier alpha value is -2.63. The first kappa shape index (κ1) is 19.7. The molecular weight excluding hydrogens is 413 g/mol. The van der Waals surface area contributed by atoms with E-state index in [1.54, 1.807) is 30.3 Å². The maximum Gasteiger partial charge on any atom is 0.335 e. The highest BCUT2D eigenvalue weighted by molar-refractivity contribution is 6.36. The number of allylic oxidation sites excluding steroid dienone is 2. The third-order valence-electron chi connectivity index (χ3n) is 5.37. The van der Waals surface area contributed by atoms with Crippen LogP contribution in [0.15, 0.2) is 53.7 Å². The van der Waals surface area contributed by atoms with E-state index in [-0.39, 0.29) is 23.7 Å². The van der Waals surface area contributed by atoms with Gasteiger partial charge in [-0.25, -0.2) is 4.79 Å². The van der Waals surface area contributed by atoms with Gasteiger partial charge in [0.15, 0.2) is 5.78 Å². The van der Waals surface area contributed by atoms with Gasteiger partial charge in [-0.15, -0.1) is 0 Å². The largest absolute Gasteiger partial charge is 0.478 e. The third kappa shape index (κ3) is 3.45. The Morgan fingerprint density at radius 3 is 2.41 bits per heavy atom. The Labute approximate surface area is 177 Å². The van der Waals surface area contributed by atoms with Crippen LogP contribution in [0.25, 0.3) is 0 Å². The molecule has 0 aromatic heterocycles. The molecule has 1 N–H and O–H groups in total. The summed E-state index contributed by atoms with van der Waals surface area (Å²) >= 11 is 12.8. The van der Waals surface area contributed by atoms with Gasteiger partial charge in [0.25, 0.3) is 0 Å². The zero-order chi connectivity index (χ0) is 20.7. The van der Waals surface area contributed by atoms with Crippen molar-refractivity contribution in [3.8, 4) is 0 Å². The lowest BCUT2D eigenvalue weighted by Crippen LogP contribution is -2.40. The molecule has 1 amide bonds. The second kappa shape index (κ2) is 7.65. The molecule has 1 unspecified atom stereocenters. The number of carboxylic acids is 1. The highest BCUT2D eigenvalue weighted by Crippen LogP contribution is 2.46. The fourth-order valence-corrected chi connectivity index (χ4v) is 4.82. The van der Waals surface area contributed by atoms with Crippen LogP contribution in [0.5, 0.6) is 0 Å². The zero-order valence-electron chi connectivity index (χ0n) is 15.3. The van der Waals surface area contributed by atoms with Crippen molar-refractivity contribution in [2.45, 2.75) is 31.6 Å². The molecule has 4 rings (SSSR count). The molecule has 2 aromatic rings.